The Bertz CT molecular complexity index is 1400. The van der Waals surface area contributed by atoms with Crippen LogP contribution in [0, 0.1) is 31.0 Å². The van der Waals surface area contributed by atoms with E-state index in [1.165, 1.54) is 36.4 Å². The van der Waals surface area contributed by atoms with Gasteiger partial charge in [-0.05, 0) is 49.2 Å². The van der Waals surface area contributed by atoms with Crippen molar-refractivity contribution in [1.82, 2.24) is 4.57 Å². The molecular weight excluding hydrogens is 461 g/mol. The number of ether oxygens (including phenoxy) is 1. The Morgan fingerprint density at radius 2 is 1.76 bits per heavy atom. The molecule has 0 saturated carbocycles. The van der Waals surface area contributed by atoms with Crippen LogP contribution in [0.5, 0.6) is 0 Å². The van der Waals surface area contributed by atoms with Gasteiger partial charge in [-0.25, -0.2) is 17.6 Å². The lowest BCUT2D eigenvalue weighted by molar-refractivity contribution is -0.119. The lowest BCUT2D eigenvalue weighted by atomic mass is 10.2. The van der Waals surface area contributed by atoms with Gasteiger partial charge in [0.15, 0.2) is 16.4 Å². The number of anilines is 1. The molecule has 1 heterocycles. The number of halogens is 1. The predicted octanol–water partition coefficient (Wildman–Crippen LogP) is 3.36. The van der Waals surface area contributed by atoms with Gasteiger partial charge < -0.3 is 14.6 Å². The van der Waals surface area contributed by atoms with Gasteiger partial charge in [-0.2, -0.15) is 5.26 Å². The minimum Gasteiger partial charge on any atom is -0.452 e. The number of nitrogens with zero attached hydrogens (tertiary/aromatic N) is 2. The van der Waals surface area contributed by atoms with Crippen molar-refractivity contribution >= 4 is 27.5 Å². The summed E-state index contributed by atoms with van der Waals surface area (Å²) in [5.74, 6) is -1.83. The van der Waals surface area contributed by atoms with E-state index in [2.05, 4.69) is 11.4 Å². The normalized spacial score (nSPS) is 11.0. The summed E-state index contributed by atoms with van der Waals surface area (Å²) in [6, 6.07) is 13.4. The van der Waals surface area contributed by atoms with Gasteiger partial charge in [-0.1, -0.05) is 24.3 Å². The molecule has 0 radical (unpaired) electrons. The third-order valence-corrected chi connectivity index (χ3v) is 6.45. The van der Waals surface area contributed by atoms with Gasteiger partial charge >= 0.3 is 5.97 Å². The van der Waals surface area contributed by atoms with Crippen molar-refractivity contribution < 1.29 is 27.1 Å². The quantitative estimate of drug-likeness (QED) is 0.515. The second-order valence-corrected chi connectivity index (χ2v) is 9.64. The highest BCUT2D eigenvalue weighted by Gasteiger charge is 2.22. The molecule has 8 nitrogen and oxygen atoms in total. The summed E-state index contributed by atoms with van der Waals surface area (Å²) in [6.07, 6.45) is 0.967. The van der Waals surface area contributed by atoms with E-state index in [1.54, 1.807) is 30.5 Å². The van der Waals surface area contributed by atoms with E-state index in [0.29, 0.717) is 5.56 Å². The van der Waals surface area contributed by atoms with E-state index in [9.17, 15) is 27.7 Å². The van der Waals surface area contributed by atoms with Crippen molar-refractivity contribution in [3.8, 4) is 6.07 Å². The minimum atomic E-state index is -3.68. The lowest BCUT2D eigenvalue weighted by Crippen LogP contribution is -2.23. The van der Waals surface area contributed by atoms with Crippen LogP contribution in [-0.4, -0.2) is 37.7 Å². The maximum atomic E-state index is 13.3. The Balaban J connectivity index is 1.80. The van der Waals surface area contributed by atoms with Crippen LogP contribution in [0.15, 0.2) is 53.4 Å². The van der Waals surface area contributed by atoms with E-state index in [4.69, 9.17) is 4.74 Å². The Hall–Kier alpha value is -3.97. The van der Waals surface area contributed by atoms with Crippen LogP contribution in [0.2, 0.25) is 0 Å². The monoisotopic (exact) mass is 483 g/mol. The first-order chi connectivity index (χ1) is 16.0. The van der Waals surface area contributed by atoms with Crippen LogP contribution in [0.25, 0.3) is 0 Å². The van der Waals surface area contributed by atoms with Crippen molar-refractivity contribution in [2.45, 2.75) is 25.3 Å². The van der Waals surface area contributed by atoms with Crippen molar-refractivity contribution in [2.24, 2.45) is 0 Å². The van der Waals surface area contributed by atoms with E-state index >= 15 is 0 Å². The molecule has 0 aliphatic rings. The Morgan fingerprint density at radius 3 is 2.38 bits per heavy atom. The smallest absolute Gasteiger partial charge is 0.339 e. The molecule has 1 aromatic heterocycles. The number of esters is 1. The zero-order valence-corrected chi connectivity index (χ0v) is 19.6. The van der Waals surface area contributed by atoms with Crippen LogP contribution in [-0.2, 0) is 25.9 Å². The summed E-state index contributed by atoms with van der Waals surface area (Å²) in [7, 11) is -3.68. The highest BCUT2D eigenvalue weighted by atomic mass is 32.2. The summed E-state index contributed by atoms with van der Waals surface area (Å²) in [6.45, 7) is 3.11. The lowest BCUT2D eigenvalue weighted by Gasteiger charge is -2.14. The first-order valence-corrected chi connectivity index (χ1v) is 12.0. The van der Waals surface area contributed by atoms with Crippen molar-refractivity contribution in [3.63, 3.8) is 0 Å². The Morgan fingerprint density at radius 1 is 1.12 bits per heavy atom. The average molecular weight is 484 g/mol. The van der Waals surface area contributed by atoms with Gasteiger partial charge in [-0.15, -0.1) is 0 Å². The largest absolute Gasteiger partial charge is 0.452 e. The van der Waals surface area contributed by atoms with Crippen molar-refractivity contribution in [1.29, 1.82) is 5.26 Å². The third kappa shape index (κ3) is 5.32. The number of hydrogen-bond acceptors (Lipinski definition) is 6. The van der Waals surface area contributed by atoms with E-state index in [0.717, 1.165) is 17.5 Å². The zero-order chi connectivity index (χ0) is 25.0. The molecule has 10 heteroatoms. The second-order valence-electron chi connectivity index (χ2n) is 7.65. The highest BCUT2D eigenvalue weighted by Crippen LogP contribution is 2.27. The number of aromatic nitrogens is 1. The Kier molecular flexibility index (Phi) is 7.17. The Labute approximate surface area is 196 Å². The van der Waals surface area contributed by atoms with Crippen LogP contribution in [0.4, 0.5) is 10.2 Å². The molecule has 34 heavy (non-hydrogen) atoms. The fraction of sp³-hybridized carbons (Fsp3) is 0.208. The SMILES string of the molecule is Cc1c(C#N)c(NC(=O)COC(=O)c2ccccc2S(C)(=O)=O)n(Cc2ccc(F)cc2)c1C. The number of nitriles is 1. The number of amides is 1. The molecule has 1 amide bonds. The van der Waals surface area contributed by atoms with E-state index in [-0.39, 0.29) is 34.2 Å². The molecule has 2 aromatic carbocycles. The molecule has 0 atom stereocenters. The minimum absolute atomic E-state index is 0.179. The van der Waals surface area contributed by atoms with Crippen LogP contribution >= 0.6 is 0 Å². The predicted molar refractivity (Wildman–Crippen MR) is 123 cm³/mol. The fourth-order valence-electron chi connectivity index (χ4n) is 3.44. The van der Waals surface area contributed by atoms with E-state index < -0.39 is 28.3 Å². The van der Waals surface area contributed by atoms with Gasteiger partial charge in [0.05, 0.1) is 16.0 Å². The van der Waals surface area contributed by atoms with Gasteiger partial charge in [-0.3, -0.25) is 4.79 Å². The van der Waals surface area contributed by atoms with E-state index in [1.807, 2.05) is 0 Å². The van der Waals surface area contributed by atoms with Gasteiger partial charge in [0.1, 0.15) is 17.7 Å². The van der Waals surface area contributed by atoms with Crippen LogP contribution < -0.4 is 5.32 Å². The fourth-order valence-corrected chi connectivity index (χ4v) is 4.31. The number of rotatable bonds is 7. The summed E-state index contributed by atoms with van der Waals surface area (Å²) in [4.78, 5) is 24.8. The van der Waals surface area contributed by atoms with Crippen LogP contribution in [0.1, 0.15) is 32.7 Å². The molecule has 1 N–H and O–H groups in total. The third-order valence-electron chi connectivity index (χ3n) is 5.29. The number of carbonyl (C=O) groups excluding carboxylic acids is 2. The number of sulfone groups is 1. The number of hydrogen-bond donors (Lipinski definition) is 1. The molecule has 0 aliphatic heterocycles. The first-order valence-electron chi connectivity index (χ1n) is 10.1. The number of carbonyl (C=O) groups is 2. The molecular formula is C24H22FN3O5S. The summed E-state index contributed by atoms with van der Waals surface area (Å²) < 4.78 is 43.8. The molecule has 0 bridgehead atoms. The van der Waals surface area contributed by atoms with Gasteiger partial charge in [0, 0.05) is 18.5 Å². The summed E-state index contributed by atoms with van der Waals surface area (Å²) in [5, 5.41) is 12.2. The maximum Gasteiger partial charge on any atom is 0.339 e. The molecule has 0 aliphatic carbocycles. The zero-order valence-electron chi connectivity index (χ0n) is 18.8. The van der Waals surface area contributed by atoms with Gasteiger partial charge in [0.2, 0.25) is 0 Å². The topological polar surface area (TPSA) is 118 Å². The molecule has 3 aromatic rings. The van der Waals surface area contributed by atoms with Gasteiger partial charge in [0.25, 0.3) is 5.91 Å². The standard InChI is InChI=1S/C24H22FN3O5S/c1-15-16(2)28(13-17-8-10-18(25)11-9-17)23(20(15)12-26)27-22(29)14-33-24(30)19-6-4-5-7-21(19)34(3,31)32/h4-11H,13-14H2,1-3H3,(H,27,29). The maximum absolute atomic E-state index is 13.3. The number of benzene rings is 2. The molecule has 0 unspecified atom stereocenters. The first kappa shape index (κ1) is 24.7. The highest BCUT2D eigenvalue weighted by molar-refractivity contribution is 7.90. The summed E-state index contributed by atoms with van der Waals surface area (Å²) in [5.41, 5.74) is 2.22. The average Bonchev–Trinajstić information content (AvgIpc) is 3.02. The number of nitrogens with one attached hydrogen (secondary N) is 1. The molecule has 176 valence electrons. The molecule has 0 fully saturated rings. The molecule has 0 spiro atoms. The second kappa shape index (κ2) is 9.89. The molecule has 3 rings (SSSR count). The van der Waals surface area contributed by atoms with Crippen molar-refractivity contribution in [3.05, 3.63) is 82.3 Å². The van der Waals surface area contributed by atoms with Crippen molar-refractivity contribution in [2.75, 3.05) is 18.2 Å². The van der Waals surface area contributed by atoms with Crippen LogP contribution in [0.3, 0.4) is 0 Å². The molecule has 0 saturated heterocycles. The summed E-state index contributed by atoms with van der Waals surface area (Å²) >= 11 is 0.